The van der Waals surface area contributed by atoms with E-state index in [4.69, 9.17) is 5.26 Å². The zero-order valence-electron chi connectivity index (χ0n) is 9.52. The van der Waals surface area contributed by atoms with Gasteiger partial charge in [-0.15, -0.1) is 0 Å². The van der Waals surface area contributed by atoms with Crippen molar-refractivity contribution in [2.75, 3.05) is 5.32 Å². The number of rotatable bonds is 2. The fraction of sp³-hybridized carbons (Fsp3) is 0. The molecular formula is C13H7F2N3O. The molecule has 2 rings (SSSR count). The molecule has 0 aliphatic rings. The van der Waals surface area contributed by atoms with Crippen molar-refractivity contribution in [1.29, 1.82) is 5.26 Å². The Labute approximate surface area is 107 Å². The number of nitrogens with one attached hydrogen (secondary N) is 1. The molecule has 0 aliphatic heterocycles. The third-order valence-corrected chi connectivity index (χ3v) is 2.34. The molecule has 2 aromatic rings. The number of halogens is 2. The van der Waals surface area contributed by atoms with Gasteiger partial charge in [0.1, 0.15) is 5.82 Å². The van der Waals surface area contributed by atoms with Crippen molar-refractivity contribution < 1.29 is 13.6 Å². The van der Waals surface area contributed by atoms with Gasteiger partial charge in [-0.25, -0.2) is 9.37 Å². The van der Waals surface area contributed by atoms with E-state index in [2.05, 4.69) is 10.3 Å². The maximum atomic E-state index is 13.5. The van der Waals surface area contributed by atoms with Crippen LogP contribution in [0.25, 0.3) is 0 Å². The van der Waals surface area contributed by atoms with Gasteiger partial charge in [0, 0.05) is 6.20 Å². The predicted molar refractivity (Wildman–Crippen MR) is 63.3 cm³/mol. The monoisotopic (exact) mass is 259 g/mol. The van der Waals surface area contributed by atoms with E-state index in [1.165, 1.54) is 18.2 Å². The Morgan fingerprint density at radius 2 is 2.05 bits per heavy atom. The summed E-state index contributed by atoms with van der Waals surface area (Å²) in [6.07, 6.45) is 1.05. The summed E-state index contributed by atoms with van der Waals surface area (Å²) in [6, 6.07) is 7.72. The van der Waals surface area contributed by atoms with Crippen LogP contribution in [0.1, 0.15) is 15.9 Å². The van der Waals surface area contributed by atoms with Crippen LogP contribution in [-0.2, 0) is 0 Å². The maximum absolute atomic E-state index is 13.5. The highest BCUT2D eigenvalue weighted by Crippen LogP contribution is 2.16. The van der Waals surface area contributed by atoms with Crippen molar-refractivity contribution in [2.45, 2.75) is 0 Å². The van der Waals surface area contributed by atoms with E-state index >= 15 is 0 Å². The number of hydrogen-bond donors (Lipinski definition) is 1. The van der Waals surface area contributed by atoms with Crippen LogP contribution in [0.3, 0.4) is 0 Å². The van der Waals surface area contributed by atoms with E-state index in [1.54, 1.807) is 6.07 Å². The van der Waals surface area contributed by atoms with Crippen LogP contribution in [0.15, 0.2) is 36.5 Å². The Kier molecular flexibility index (Phi) is 3.48. The molecular weight excluding hydrogens is 252 g/mol. The standard InChI is InChI=1S/C13H7F2N3O/c14-10-5-8(6-16)1-3-11(10)18-13(19)9-2-4-12(15)17-7-9/h1-5,7H,(H,18,19). The van der Waals surface area contributed by atoms with Gasteiger partial charge in [0.05, 0.1) is 22.9 Å². The van der Waals surface area contributed by atoms with E-state index in [9.17, 15) is 13.6 Å². The predicted octanol–water partition coefficient (Wildman–Crippen LogP) is 2.48. The topological polar surface area (TPSA) is 65.8 Å². The molecule has 1 aromatic heterocycles. The molecule has 0 spiro atoms. The lowest BCUT2D eigenvalue weighted by Crippen LogP contribution is -2.13. The summed E-state index contributed by atoms with van der Waals surface area (Å²) in [6.45, 7) is 0. The molecule has 1 aromatic carbocycles. The summed E-state index contributed by atoms with van der Waals surface area (Å²) in [5, 5.41) is 10.9. The first-order chi connectivity index (χ1) is 9.10. The second kappa shape index (κ2) is 5.23. The molecule has 1 heterocycles. The zero-order chi connectivity index (χ0) is 13.8. The lowest BCUT2D eigenvalue weighted by atomic mass is 10.2. The van der Waals surface area contributed by atoms with Crippen molar-refractivity contribution in [3.05, 3.63) is 59.4 Å². The SMILES string of the molecule is N#Cc1ccc(NC(=O)c2ccc(F)nc2)c(F)c1. The molecule has 19 heavy (non-hydrogen) atoms. The average Bonchev–Trinajstić information content (AvgIpc) is 2.41. The molecule has 0 atom stereocenters. The van der Waals surface area contributed by atoms with Crippen molar-refractivity contribution >= 4 is 11.6 Å². The number of pyridine rings is 1. The van der Waals surface area contributed by atoms with Crippen LogP contribution in [0, 0.1) is 23.1 Å². The minimum absolute atomic E-state index is 0.0617. The third-order valence-electron chi connectivity index (χ3n) is 2.34. The van der Waals surface area contributed by atoms with Crippen LogP contribution in [-0.4, -0.2) is 10.9 Å². The lowest BCUT2D eigenvalue weighted by molar-refractivity contribution is 0.102. The molecule has 1 N–H and O–H groups in total. The van der Waals surface area contributed by atoms with Crippen LogP contribution in [0.5, 0.6) is 0 Å². The van der Waals surface area contributed by atoms with E-state index in [1.807, 2.05) is 0 Å². The van der Waals surface area contributed by atoms with Crippen molar-refractivity contribution in [3.63, 3.8) is 0 Å². The van der Waals surface area contributed by atoms with Gasteiger partial charge in [0.15, 0.2) is 0 Å². The zero-order valence-corrected chi connectivity index (χ0v) is 9.52. The molecule has 0 saturated heterocycles. The number of aromatic nitrogens is 1. The Hall–Kier alpha value is -2.81. The molecule has 4 nitrogen and oxygen atoms in total. The average molecular weight is 259 g/mol. The van der Waals surface area contributed by atoms with Gasteiger partial charge in [-0.2, -0.15) is 9.65 Å². The summed E-state index contributed by atoms with van der Waals surface area (Å²) in [4.78, 5) is 15.1. The minimum Gasteiger partial charge on any atom is -0.319 e. The van der Waals surface area contributed by atoms with Gasteiger partial charge >= 0.3 is 0 Å². The number of nitriles is 1. The fourth-order valence-corrected chi connectivity index (χ4v) is 1.39. The summed E-state index contributed by atoms with van der Waals surface area (Å²) in [5.41, 5.74) is 0.192. The summed E-state index contributed by atoms with van der Waals surface area (Å²) >= 11 is 0. The summed E-state index contributed by atoms with van der Waals surface area (Å²) < 4.78 is 26.1. The molecule has 0 fully saturated rings. The quantitative estimate of drug-likeness (QED) is 0.842. The number of anilines is 1. The first kappa shape index (κ1) is 12.6. The largest absolute Gasteiger partial charge is 0.319 e. The number of carbonyl (C=O) groups excluding carboxylic acids is 1. The lowest BCUT2D eigenvalue weighted by Gasteiger charge is -2.06. The van der Waals surface area contributed by atoms with Crippen molar-refractivity contribution in [3.8, 4) is 6.07 Å². The molecule has 0 saturated carbocycles. The van der Waals surface area contributed by atoms with E-state index < -0.39 is 17.7 Å². The molecule has 1 amide bonds. The normalized spacial score (nSPS) is 9.74. The van der Waals surface area contributed by atoms with Crippen LogP contribution in [0.2, 0.25) is 0 Å². The highest BCUT2D eigenvalue weighted by Gasteiger charge is 2.10. The summed E-state index contributed by atoms with van der Waals surface area (Å²) in [5.74, 6) is -2.04. The number of carbonyl (C=O) groups is 1. The molecule has 0 radical (unpaired) electrons. The Bertz CT molecular complexity index is 663. The van der Waals surface area contributed by atoms with Gasteiger partial charge in [-0.1, -0.05) is 0 Å². The second-order valence-corrected chi connectivity index (χ2v) is 3.63. The number of amides is 1. The molecule has 6 heteroatoms. The first-order valence-corrected chi connectivity index (χ1v) is 5.22. The highest BCUT2D eigenvalue weighted by atomic mass is 19.1. The summed E-state index contributed by atoms with van der Waals surface area (Å²) in [7, 11) is 0. The van der Waals surface area contributed by atoms with Gasteiger partial charge < -0.3 is 5.32 Å². The van der Waals surface area contributed by atoms with Crippen LogP contribution >= 0.6 is 0 Å². The van der Waals surface area contributed by atoms with Crippen LogP contribution in [0.4, 0.5) is 14.5 Å². The molecule has 94 valence electrons. The van der Waals surface area contributed by atoms with Gasteiger partial charge in [-0.05, 0) is 30.3 Å². The third kappa shape index (κ3) is 2.90. The molecule has 0 bridgehead atoms. The van der Waals surface area contributed by atoms with E-state index in [-0.39, 0.29) is 16.8 Å². The number of benzene rings is 1. The van der Waals surface area contributed by atoms with E-state index in [0.29, 0.717) is 0 Å². The second-order valence-electron chi connectivity index (χ2n) is 3.63. The number of nitrogens with zero attached hydrogens (tertiary/aromatic N) is 2. The van der Waals surface area contributed by atoms with Gasteiger partial charge in [0.2, 0.25) is 5.95 Å². The number of hydrogen-bond acceptors (Lipinski definition) is 3. The van der Waals surface area contributed by atoms with Crippen LogP contribution < -0.4 is 5.32 Å². The Morgan fingerprint density at radius 1 is 1.26 bits per heavy atom. The smallest absolute Gasteiger partial charge is 0.257 e. The fourth-order valence-electron chi connectivity index (χ4n) is 1.39. The van der Waals surface area contributed by atoms with Gasteiger partial charge in [0.25, 0.3) is 5.91 Å². The highest BCUT2D eigenvalue weighted by molar-refractivity contribution is 6.04. The molecule has 0 unspecified atom stereocenters. The van der Waals surface area contributed by atoms with Crippen molar-refractivity contribution in [1.82, 2.24) is 4.98 Å². The van der Waals surface area contributed by atoms with Crippen molar-refractivity contribution in [2.24, 2.45) is 0 Å². The Balaban J connectivity index is 2.20. The molecule has 0 aliphatic carbocycles. The Morgan fingerprint density at radius 3 is 2.63 bits per heavy atom. The minimum atomic E-state index is -0.720. The van der Waals surface area contributed by atoms with E-state index in [0.717, 1.165) is 18.3 Å². The first-order valence-electron chi connectivity index (χ1n) is 5.22. The maximum Gasteiger partial charge on any atom is 0.257 e. The van der Waals surface area contributed by atoms with Gasteiger partial charge in [-0.3, -0.25) is 4.79 Å².